The molecule has 2 aromatic carbocycles. The first-order chi connectivity index (χ1) is 34.5. The molecule has 73 heavy (non-hydrogen) atoms. The Balaban J connectivity index is 2.15. The van der Waals surface area contributed by atoms with E-state index in [2.05, 4.69) is 43.5 Å². The van der Waals surface area contributed by atoms with E-state index in [9.17, 15) is 53.4 Å². The molecule has 0 aliphatic carbocycles. The number of hydrogen-bond acceptors (Lipinski definition) is 11. The maximum atomic E-state index is 14.5. The molecule has 12 N–H and O–H groups in total. The van der Waals surface area contributed by atoms with Gasteiger partial charge in [-0.15, -0.1) is 0 Å². The Labute approximate surface area is 424 Å². The van der Waals surface area contributed by atoms with E-state index in [1.165, 1.54) is 27.0 Å². The molecule has 7 amide bonds. The largest absolute Gasteiger partial charge is 0.481 e. The summed E-state index contributed by atoms with van der Waals surface area (Å²) in [6.45, 7) is 10.1. The van der Waals surface area contributed by atoms with Crippen molar-refractivity contribution >= 4 is 59.2 Å². The molecule has 3 rings (SSSR count). The van der Waals surface area contributed by atoms with Gasteiger partial charge in [0, 0.05) is 39.5 Å². The van der Waals surface area contributed by atoms with Crippen molar-refractivity contribution in [3.63, 3.8) is 0 Å². The Bertz CT molecular complexity index is 2370. The van der Waals surface area contributed by atoms with Gasteiger partial charge >= 0.3 is 11.9 Å². The van der Waals surface area contributed by atoms with Gasteiger partial charge in [-0.3, -0.25) is 43.3 Å². The Hall–Kier alpha value is -7.88. The molecule has 1 saturated heterocycles. The summed E-state index contributed by atoms with van der Waals surface area (Å²) in [5.41, 5.74) is 12.9. The van der Waals surface area contributed by atoms with Crippen molar-refractivity contribution in [1.29, 1.82) is 0 Å². The summed E-state index contributed by atoms with van der Waals surface area (Å²) in [5, 5.41) is 35.2. The molecule has 22 nitrogen and oxygen atoms in total. The number of carboxylic acid groups (broad SMARTS) is 2. The highest BCUT2D eigenvalue weighted by Crippen LogP contribution is 2.19. The number of aliphatic imine (C=N–C) groups is 1. The van der Waals surface area contributed by atoms with Gasteiger partial charge in [-0.2, -0.15) is 0 Å². The van der Waals surface area contributed by atoms with Crippen LogP contribution in [0.15, 0.2) is 102 Å². The number of rotatable bonds is 16. The molecule has 9 atom stereocenters. The van der Waals surface area contributed by atoms with E-state index in [1.807, 2.05) is 43.3 Å². The number of aliphatic carboxylic acids is 2. The Morgan fingerprint density at radius 1 is 0.822 bits per heavy atom. The van der Waals surface area contributed by atoms with Gasteiger partial charge in [-0.05, 0) is 50.7 Å². The van der Waals surface area contributed by atoms with Gasteiger partial charge < -0.3 is 63.2 Å². The van der Waals surface area contributed by atoms with Crippen LogP contribution in [0.5, 0.6) is 0 Å². The standard InChI is InChI=1S/C51H70N10O12/c1-29(25-30(2)41(73-7)27-35-17-12-9-13-18-35)20-21-36-31(3)44(65)58-38(50(71)72)22-23-42(62)61(6)33(5)46(67)55-32(4)45(66)59-39(26-34-15-10-8-11-16-34)48(69)60-40(28-43(63)64)49(70)57-37(47(68)56-36)19-14-24-54-51(52)53/h8-13,15-18,20-21,25,30-32,36-41H,5,14,19,22-24,26-28H2,1-4,6-7H3,(H,55,67)(H,56,68)(H,57,70)(H,58,65)(H,59,66)(H,60,69)(H,63,64)(H,71,72)(H4,52,53,54)/b21-20+,29-25+/t30-,31-,32+,36?,37-,38+,39-,40?,41-/m0/s1. The second-order valence-corrected chi connectivity index (χ2v) is 17.9. The second-order valence-electron chi connectivity index (χ2n) is 17.9. The average molecular weight is 1020 g/mol. The zero-order valence-electron chi connectivity index (χ0n) is 42.1. The fraction of sp³-hybridized carbons (Fsp3) is 0.451. The van der Waals surface area contributed by atoms with Crippen LogP contribution in [-0.4, -0.2) is 137 Å². The lowest BCUT2D eigenvalue weighted by Gasteiger charge is -2.28. The molecule has 0 bridgehead atoms. The van der Waals surface area contributed by atoms with Gasteiger partial charge in [0.05, 0.1) is 24.5 Å². The molecule has 1 aliphatic heterocycles. The number of hydrogen-bond donors (Lipinski definition) is 10. The molecule has 1 heterocycles. The van der Waals surface area contributed by atoms with E-state index >= 15 is 0 Å². The fourth-order valence-electron chi connectivity index (χ4n) is 7.63. The molecule has 0 spiro atoms. The van der Waals surface area contributed by atoms with E-state index in [4.69, 9.17) is 16.2 Å². The molecule has 396 valence electrons. The third-order valence-electron chi connectivity index (χ3n) is 12.1. The number of amides is 7. The minimum absolute atomic E-state index is 0.00292. The van der Waals surface area contributed by atoms with Crippen LogP contribution in [0, 0.1) is 11.8 Å². The van der Waals surface area contributed by atoms with E-state index in [1.54, 1.807) is 50.4 Å². The van der Waals surface area contributed by atoms with Crippen molar-refractivity contribution < 1.29 is 58.1 Å². The Morgan fingerprint density at radius 2 is 1.40 bits per heavy atom. The van der Waals surface area contributed by atoms with Crippen molar-refractivity contribution in [1.82, 2.24) is 36.8 Å². The second kappa shape index (κ2) is 29.5. The molecular formula is C51H70N10O12. The lowest BCUT2D eigenvalue weighted by molar-refractivity contribution is -0.143. The zero-order valence-corrected chi connectivity index (χ0v) is 42.1. The molecule has 0 aromatic heterocycles. The van der Waals surface area contributed by atoms with E-state index in [0.717, 1.165) is 10.5 Å². The first-order valence-electron chi connectivity index (χ1n) is 23.8. The lowest BCUT2D eigenvalue weighted by atomic mass is 9.94. The summed E-state index contributed by atoms with van der Waals surface area (Å²) in [6.07, 6.45) is 3.37. The number of allylic oxidation sites excluding steroid dienone is 2. The molecule has 1 fully saturated rings. The average Bonchev–Trinajstić information content (AvgIpc) is 3.34. The van der Waals surface area contributed by atoms with E-state index < -0.39 is 120 Å². The molecule has 0 radical (unpaired) electrons. The predicted octanol–water partition coefficient (Wildman–Crippen LogP) is 0.569. The monoisotopic (exact) mass is 1010 g/mol. The number of nitrogens with one attached hydrogen (secondary N) is 6. The van der Waals surface area contributed by atoms with E-state index in [0.29, 0.717) is 17.6 Å². The highest BCUT2D eigenvalue weighted by Gasteiger charge is 2.35. The van der Waals surface area contributed by atoms with Gasteiger partial charge in [-0.1, -0.05) is 105 Å². The number of methoxy groups -OCH3 is 1. The van der Waals surface area contributed by atoms with Crippen LogP contribution in [0.25, 0.3) is 0 Å². The van der Waals surface area contributed by atoms with Crippen LogP contribution >= 0.6 is 0 Å². The maximum Gasteiger partial charge on any atom is 0.326 e. The van der Waals surface area contributed by atoms with Gasteiger partial charge in [0.1, 0.15) is 35.9 Å². The molecule has 2 unspecified atom stereocenters. The third-order valence-corrected chi connectivity index (χ3v) is 12.1. The van der Waals surface area contributed by atoms with Crippen molar-refractivity contribution in [3.8, 4) is 0 Å². The molecule has 0 saturated carbocycles. The minimum atomic E-state index is -1.83. The molecule has 2 aromatic rings. The highest BCUT2D eigenvalue weighted by atomic mass is 16.5. The summed E-state index contributed by atoms with van der Waals surface area (Å²) in [5.74, 6) is -11.0. The first-order valence-corrected chi connectivity index (χ1v) is 23.8. The van der Waals surface area contributed by atoms with Crippen LogP contribution < -0.4 is 43.4 Å². The number of benzene rings is 2. The van der Waals surface area contributed by atoms with Crippen molar-refractivity contribution in [2.75, 3.05) is 20.7 Å². The Kier molecular flexibility index (Phi) is 24.0. The zero-order chi connectivity index (χ0) is 54.4. The summed E-state index contributed by atoms with van der Waals surface area (Å²) < 4.78 is 5.82. The van der Waals surface area contributed by atoms with Crippen LogP contribution in [0.1, 0.15) is 70.9 Å². The van der Waals surface area contributed by atoms with Gasteiger partial charge in [-0.25, -0.2) is 4.79 Å². The van der Waals surface area contributed by atoms with Crippen molar-refractivity contribution in [3.05, 3.63) is 108 Å². The summed E-state index contributed by atoms with van der Waals surface area (Å²) in [7, 11) is 2.82. The normalized spacial score (nSPS) is 23.6. The molecular weight excluding hydrogens is 945 g/mol. The van der Waals surface area contributed by atoms with Crippen molar-refractivity contribution in [2.24, 2.45) is 28.3 Å². The summed E-state index contributed by atoms with van der Waals surface area (Å²) in [4.78, 5) is 126. The number of carboxylic acids is 2. The summed E-state index contributed by atoms with van der Waals surface area (Å²) >= 11 is 0. The number of nitrogens with zero attached hydrogens (tertiary/aromatic N) is 2. The maximum absolute atomic E-state index is 14.5. The van der Waals surface area contributed by atoms with E-state index in [-0.39, 0.29) is 43.8 Å². The van der Waals surface area contributed by atoms with Gasteiger partial charge in [0.25, 0.3) is 5.91 Å². The van der Waals surface area contributed by atoms with Crippen LogP contribution in [0.4, 0.5) is 0 Å². The number of likely N-dealkylation sites (N-methyl/N-ethyl adjacent to an activating group) is 1. The minimum Gasteiger partial charge on any atom is -0.481 e. The SMILES string of the molecule is C=C1C(=O)N[C@H](C)C(=O)N[C@@H](Cc2ccccc2)C(=O)NC(CC(=O)O)C(=O)N[C@@H](CCCN=C(N)N)C(=O)NC(/C=C/C(C)=C/[C@H](C)[C@H](Cc2ccccc2)OC)[C@H](C)C(=O)N[C@@H](C(=O)O)CCC(=O)N1C. The van der Waals surface area contributed by atoms with Crippen LogP contribution in [0.2, 0.25) is 0 Å². The van der Waals surface area contributed by atoms with Crippen LogP contribution in [0.3, 0.4) is 0 Å². The van der Waals surface area contributed by atoms with Crippen LogP contribution in [-0.2, 0) is 60.7 Å². The number of guanidine groups is 1. The lowest BCUT2D eigenvalue weighted by Crippen LogP contribution is -2.59. The quantitative estimate of drug-likeness (QED) is 0.0362. The number of nitrogens with two attached hydrogens (primary N) is 2. The van der Waals surface area contributed by atoms with Gasteiger partial charge in [0.15, 0.2) is 5.96 Å². The fourth-order valence-corrected chi connectivity index (χ4v) is 7.63. The third kappa shape index (κ3) is 20.0. The Morgan fingerprint density at radius 3 is 1.99 bits per heavy atom. The summed E-state index contributed by atoms with van der Waals surface area (Å²) in [6, 6.07) is 9.19. The highest BCUT2D eigenvalue weighted by molar-refractivity contribution is 6.00. The molecule has 22 heteroatoms. The van der Waals surface area contributed by atoms with Gasteiger partial charge in [0.2, 0.25) is 35.4 Å². The number of carbonyl (C=O) groups is 9. The number of ether oxygens (including phenoxy) is 1. The smallest absolute Gasteiger partial charge is 0.326 e. The topological polar surface area (TPSA) is 343 Å². The molecule has 1 aliphatic rings. The predicted molar refractivity (Wildman–Crippen MR) is 271 cm³/mol. The van der Waals surface area contributed by atoms with Crippen molar-refractivity contribution in [2.45, 2.75) is 115 Å². The first kappa shape index (κ1) is 59.4. The number of carbonyl (C=O) groups excluding carboxylic acids is 7.